The minimum absolute atomic E-state index is 0.557. The molecule has 1 heterocycles. The van der Waals surface area contributed by atoms with Gasteiger partial charge in [-0.2, -0.15) is 4.98 Å². The van der Waals surface area contributed by atoms with Crippen LogP contribution < -0.4 is 5.32 Å². The zero-order chi connectivity index (χ0) is 12.8. The van der Waals surface area contributed by atoms with Gasteiger partial charge in [-0.15, -0.1) is 18.3 Å². The first-order chi connectivity index (χ1) is 8.83. The molecule has 0 unspecified atom stereocenters. The molecule has 0 radical (unpaired) electrons. The van der Waals surface area contributed by atoms with E-state index in [9.17, 15) is 0 Å². The molecule has 0 fully saturated rings. The van der Waals surface area contributed by atoms with E-state index in [1.165, 1.54) is 4.90 Å². The molecule has 0 saturated heterocycles. The maximum Gasteiger partial charge on any atom is 0.240 e. The van der Waals surface area contributed by atoms with E-state index in [-0.39, 0.29) is 0 Å². The van der Waals surface area contributed by atoms with E-state index in [4.69, 9.17) is 4.52 Å². The number of thioether (sulfide) groups is 1. The highest BCUT2D eigenvalue weighted by molar-refractivity contribution is 7.98. The summed E-state index contributed by atoms with van der Waals surface area (Å²) in [7, 11) is 0. The molecule has 94 valence electrons. The van der Waals surface area contributed by atoms with Crippen molar-refractivity contribution in [1.82, 2.24) is 15.5 Å². The number of aromatic nitrogens is 2. The van der Waals surface area contributed by atoms with Gasteiger partial charge in [0.15, 0.2) is 0 Å². The van der Waals surface area contributed by atoms with Crippen molar-refractivity contribution in [3.63, 3.8) is 0 Å². The Morgan fingerprint density at radius 3 is 2.83 bits per heavy atom. The summed E-state index contributed by atoms with van der Waals surface area (Å²) in [5, 5.41) is 7.08. The SMILES string of the molecule is C=CCNCc1nc(-c2ccc(SC)cc2)no1. The molecule has 1 N–H and O–H groups in total. The summed E-state index contributed by atoms with van der Waals surface area (Å²) in [5.41, 5.74) is 0.964. The molecule has 0 saturated carbocycles. The van der Waals surface area contributed by atoms with Crippen molar-refractivity contribution >= 4 is 11.8 Å². The zero-order valence-corrected chi connectivity index (χ0v) is 11.0. The first kappa shape index (κ1) is 12.9. The van der Waals surface area contributed by atoms with Crippen molar-refractivity contribution in [2.75, 3.05) is 12.8 Å². The Morgan fingerprint density at radius 1 is 1.39 bits per heavy atom. The minimum Gasteiger partial charge on any atom is -0.338 e. The lowest BCUT2D eigenvalue weighted by Crippen LogP contribution is -2.12. The number of nitrogens with zero attached hydrogens (tertiary/aromatic N) is 2. The first-order valence-corrected chi connectivity index (χ1v) is 6.84. The molecule has 1 aromatic heterocycles. The fraction of sp³-hybridized carbons (Fsp3) is 0.231. The molecule has 0 atom stereocenters. The van der Waals surface area contributed by atoms with Gasteiger partial charge < -0.3 is 9.84 Å². The molecule has 0 spiro atoms. The monoisotopic (exact) mass is 261 g/mol. The van der Waals surface area contributed by atoms with Gasteiger partial charge in [-0.1, -0.05) is 11.2 Å². The maximum atomic E-state index is 5.16. The Kier molecular flexibility index (Phi) is 4.55. The molecular weight excluding hydrogens is 246 g/mol. The van der Waals surface area contributed by atoms with E-state index in [0.717, 1.165) is 12.1 Å². The van der Waals surface area contributed by atoms with Crippen molar-refractivity contribution in [2.24, 2.45) is 0 Å². The van der Waals surface area contributed by atoms with Crippen LogP contribution in [0, 0.1) is 0 Å². The highest BCUT2D eigenvalue weighted by Crippen LogP contribution is 2.20. The lowest BCUT2D eigenvalue weighted by molar-refractivity contribution is 0.370. The van der Waals surface area contributed by atoms with Crippen molar-refractivity contribution in [3.8, 4) is 11.4 Å². The van der Waals surface area contributed by atoms with Gasteiger partial charge in [-0.05, 0) is 30.5 Å². The second-order valence-corrected chi connectivity index (χ2v) is 4.54. The second-order valence-electron chi connectivity index (χ2n) is 3.66. The van der Waals surface area contributed by atoms with Gasteiger partial charge in [0.25, 0.3) is 0 Å². The lowest BCUT2D eigenvalue weighted by Gasteiger charge is -1.97. The van der Waals surface area contributed by atoms with E-state index in [1.54, 1.807) is 17.8 Å². The molecule has 0 aliphatic heterocycles. The van der Waals surface area contributed by atoms with Crippen LogP contribution in [-0.4, -0.2) is 22.9 Å². The maximum absolute atomic E-state index is 5.16. The molecule has 2 aromatic rings. The zero-order valence-electron chi connectivity index (χ0n) is 10.2. The third-order valence-corrected chi connectivity index (χ3v) is 3.12. The Labute approximate surface area is 110 Å². The average Bonchev–Trinajstić information content (AvgIpc) is 2.88. The Balaban J connectivity index is 2.06. The fourth-order valence-electron chi connectivity index (χ4n) is 1.47. The highest BCUT2D eigenvalue weighted by atomic mass is 32.2. The number of nitrogens with one attached hydrogen (secondary N) is 1. The smallest absolute Gasteiger partial charge is 0.240 e. The number of benzene rings is 1. The van der Waals surface area contributed by atoms with E-state index in [1.807, 2.05) is 30.5 Å². The van der Waals surface area contributed by atoms with Crippen LogP contribution in [0.2, 0.25) is 0 Å². The minimum atomic E-state index is 0.557. The Bertz CT molecular complexity index is 507. The van der Waals surface area contributed by atoms with Crippen LogP contribution in [0.1, 0.15) is 5.89 Å². The third kappa shape index (κ3) is 3.21. The van der Waals surface area contributed by atoms with Crippen molar-refractivity contribution in [2.45, 2.75) is 11.4 Å². The summed E-state index contributed by atoms with van der Waals surface area (Å²) in [5.74, 6) is 1.21. The molecule has 0 amide bonds. The predicted octanol–water partition coefficient (Wildman–Crippen LogP) is 2.73. The fourth-order valence-corrected chi connectivity index (χ4v) is 1.87. The average molecular weight is 261 g/mol. The number of hydrogen-bond acceptors (Lipinski definition) is 5. The Hall–Kier alpha value is -1.59. The van der Waals surface area contributed by atoms with Crippen molar-refractivity contribution in [1.29, 1.82) is 0 Å². The second kappa shape index (κ2) is 6.37. The van der Waals surface area contributed by atoms with Crippen molar-refractivity contribution in [3.05, 3.63) is 42.8 Å². The van der Waals surface area contributed by atoms with Crippen LogP contribution in [0.25, 0.3) is 11.4 Å². The van der Waals surface area contributed by atoms with E-state index in [0.29, 0.717) is 18.3 Å². The topological polar surface area (TPSA) is 51.0 Å². The summed E-state index contributed by atoms with van der Waals surface area (Å²) < 4.78 is 5.16. The van der Waals surface area contributed by atoms with Gasteiger partial charge in [-0.25, -0.2) is 0 Å². The molecule has 1 aromatic carbocycles. The van der Waals surface area contributed by atoms with E-state index >= 15 is 0 Å². The van der Waals surface area contributed by atoms with E-state index < -0.39 is 0 Å². The lowest BCUT2D eigenvalue weighted by atomic mass is 10.2. The molecule has 4 nitrogen and oxygen atoms in total. The van der Waals surface area contributed by atoms with Crippen LogP contribution in [-0.2, 0) is 6.54 Å². The summed E-state index contributed by atoms with van der Waals surface area (Å²) >= 11 is 1.71. The van der Waals surface area contributed by atoms with Gasteiger partial charge in [0.2, 0.25) is 11.7 Å². The van der Waals surface area contributed by atoms with Crippen LogP contribution in [0.15, 0.2) is 46.3 Å². The van der Waals surface area contributed by atoms with Crippen LogP contribution in [0.3, 0.4) is 0 Å². The van der Waals surface area contributed by atoms with Gasteiger partial charge in [-0.3, -0.25) is 0 Å². The molecule has 0 aliphatic rings. The molecular formula is C13H15N3OS. The molecule has 0 bridgehead atoms. The number of hydrogen-bond donors (Lipinski definition) is 1. The molecule has 18 heavy (non-hydrogen) atoms. The predicted molar refractivity (Wildman–Crippen MR) is 73.4 cm³/mol. The summed E-state index contributed by atoms with van der Waals surface area (Å²) in [6, 6.07) is 8.09. The summed E-state index contributed by atoms with van der Waals surface area (Å²) in [6.07, 6.45) is 3.84. The molecule has 0 aliphatic carbocycles. The molecule has 2 rings (SSSR count). The normalized spacial score (nSPS) is 10.5. The standard InChI is InChI=1S/C13H15N3OS/c1-3-8-14-9-12-15-13(16-17-12)10-4-6-11(18-2)7-5-10/h3-7,14H,1,8-9H2,2H3. The van der Waals surface area contributed by atoms with Gasteiger partial charge >= 0.3 is 0 Å². The van der Waals surface area contributed by atoms with Crippen LogP contribution >= 0.6 is 11.8 Å². The summed E-state index contributed by atoms with van der Waals surface area (Å²) in [6.45, 7) is 4.91. The van der Waals surface area contributed by atoms with Gasteiger partial charge in [0, 0.05) is 17.0 Å². The van der Waals surface area contributed by atoms with Crippen LogP contribution in [0.4, 0.5) is 0 Å². The Morgan fingerprint density at radius 2 is 2.17 bits per heavy atom. The molecule has 5 heteroatoms. The van der Waals surface area contributed by atoms with Crippen LogP contribution in [0.5, 0.6) is 0 Å². The third-order valence-electron chi connectivity index (χ3n) is 2.38. The van der Waals surface area contributed by atoms with Gasteiger partial charge in [0.1, 0.15) is 0 Å². The highest BCUT2D eigenvalue weighted by Gasteiger charge is 2.07. The largest absolute Gasteiger partial charge is 0.338 e. The quantitative estimate of drug-likeness (QED) is 0.492. The van der Waals surface area contributed by atoms with E-state index in [2.05, 4.69) is 22.0 Å². The first-order valence-electron chi connectivity index (χ1n) is 5.62. The van der Waals surface area contributed by atoms with Gasteiger partial charge in [0.05, 0.1) is 6.54 Å². The summed E-state index contributed by atoms with van der Waals surface area (Å²) in [4.78, 5) is 5.54. The number of rotatable bonds is 6. The van der Waals surface area contributed by atoms with Crippen molar-refractivity contribution < 1.29 is 4.52 Å².